The van der Waals surface area contributed by atoms with Crippen molar-refractivity contribution in [1.82, 2.24) is 5.43 Å². The molecule has 0 aliphatic rings. The van der Waals surface area contributed by atoms with Gasteiger partial charge in [0.15, 0.2) is 6.61 Å². The zero-order valence-electron chi connectivity index (χ0n) is 18.6. The van der Waals surface area contributed by atoms with Crippen molar-refractivity contribution in [3.8, 4) is 5.75 Å². The summed E-state index contributed by atoms with van der Waals surface area (Å²) in [7, 11) is 0. The maximum Gasteiger partial charge on any atom is 0.329 e. The fourth-order valence-electron chi connectivity index (χ4n) is 3.06. The number of aryl methyl sites for hydroxylation is 2. The van der Waals surface area contributed by atoms with Crippen molar-refractivity contribution in [2.75, 3.05) is 17.2 Å². The van der Waals surface area contributed by atoms with E-state index in [-0.39, 0.29) is 12.5 Å². The summed E-state index contributed by atoms with van der Waals surface area (Å²) in [6, 6.07) is 19.1. The highest BCUT2D eigenvalue weighted by Gasteiger charge is 2.14. The number of halogens is 1. The molecule has 0 fully saturated rings. The van der Waals surface area contributed by atoms with Crippen molar-refractivity contribution in [3.05, 3.63) is 88.4 Å². The topological polar surface area (TPSA) is 109 Å². The van der Waals surface area contributed by atoms with Gasteiger partial charge in [-0.15, -0.1) is 0 Å². The first-order valence-corrected chi connectivity index (χ1v) is 10.7. The van der Waals surface area contributed by atoms with Gasteiger partial charge in [-0.3, -0.25) is 14.4 Å². The largest absolute Gasteiger partial charge is 0.483 e. The van der Waals surface area contributed by atoms with Gasteiger partial charge in [-0.05, 0) is 61.4 Å². The third-order valence-corrected chi connectivity index (χ3v) is 4.81. The number of rotatable bonds is 7. The highest BCUT2D eigenvalue weighted by atomic mass is 35.5. The molecule has 3 amide bonds. The Balaban J connectivity index is 1.55. The van der Waals surface area contributed by atoms with Crippen LogP contribution >= 0.6 is 11.6 Å². The van der Waals surface area contributed by atoms with Crippen LogP contribution in [0.2, 0.25) is 5.02 Å². The summed E-state index contributed by atoms with van der Waals surface area (Å²) in [5.74, 6) is -1.82. The minimum atomic E-state index is -0.970. The molecule has 174 valence electrons. The standard InChI is InChI=1S/C25H23ClN4O4/c1-16-11-17(2)13-19(12-16)28-23(31)15-34-22-10-6-3-7-18(22)14-27-30-25(33)24(32)29-21-9-5-4-8-20(21)26/h3-14H,15H2,1-2H3,(H,28,31)(H,29,32)(H,30,33)/b27-14+. The van der Waals surface area contributed by atoms with Crippen LogP contribution in [-0.4, -0.2) is 30.5 Å². The van der Waals surface area contributed by atoms with Crippen molar-refractivity contribution in [1.29, 1.82) is 0 Å². The average Bonchev–Trinajstić information content (AvgIpc) is 2.79. The Morgan fingerprint density at radius 1 is 0.912 bits per heavy atom. The molecule has 0 saturated carbocycles. The second kappa shape index (κ2) is 11.6. The molecule has 0 aliphatic heterocycles. The summed E-state index contributed by atoms with van der Waals surface area (Å²) >= 11 is 5.97. The predicted molar refractivity (Wildman–Crippen MR) is 132 cm³/mol. The van der Waals surface area contributed by atoms with Crippen LogP contribution in [0.1, 0.15) is 16.7 Å². The van der Waals surface area contributed by atoms with Crippen molar-refractivity contribution < 1.29 is 19.1 Å². The minimum absolute atomic E-state index is 0.218. The Bertz CT molecular complexity index is 1220. The number of benzene rings is 3. The number of carbonyl (C=O) groups is 3. The van der Waals surface area contributed by atoms with Crippen molar-refractivity contribution in [3.63, 3.8) is 0 Å². The van der Waals surface area contributed by atoms with Gasteiger partial charge in [0.05, 0.1) is 16.9 Å². The average molecular weight is 479 g/mol. The molecule has 0 heterocycles. The number of hydrogen-bond donors (Lipinski definition) is 3. The Labute approximate surface area is 202 Å². The van der Waals surface area contributed by atoms with E-state index in [9.17, 15) is 14.4 Å². The van der Waals surface area contributed by atoms with E-state index in [2.05, 4.69) is 21.2 Å². The highest BCUT2D eigenvalue weighted by Crippen LogP contribution is 2.20. The molecule has 0 unspecified atom stereocenters. The van der Waals surface area contributed by atoms with E-state index in [1.807, 2.05) is 32.0 Å². The molecule has 0 aliphatic carbocycles. The van der Waals surface area contributed by atoms with Gasteiger partial charge in [0.1, 0.15) is 5.75 Å². The van der Waals surface area contributed by atoms with Gasteiger partial charge in [0, 0.05) is 11.3 Å². The maximum atomic E-state index is 12.3. The number of hydrazone groups is 1. The first-order chi connectivity index (χ1) is 16.3. The van der Waals surface area contributed by atoms with E-state index >= 15 is 0 Å². The van der Waals surface area contributed by atoms with E-state index < -0.39 is 11.8 Å². The molecule has 0 bridgehead atoms. The molecule has 3 N–H and O–H groups in total. The van der Waals surface area contributed by atoms with Crippen LogP contribution in [0.5, 0.6) is 5.75 Å². The molecule has 8 nitrogen and oxygen atoms in total. The lowest BCUT2D eigenvalue weighted by molar-refractivity contribution is -0.136. The summed E-state index contributed by atoms with van der Waals surface area (Å²) in [4.78, 5) is 36.3. The molecular formula is C25H23ClN4O4. The second-order valence-electron chi connectivity index (χ2n) is 7.38. The zero-order valence-corrected chi connectivity index (χ0v) is 19.3. The Kier molecular flexibility index (Phi) is 8.37. The number of ether oxygens (including phenoxy) is 1. The smallest absolute Gasteiger partial charge is 0.329 e. The van der Waals surface area contributed by atoms with Gasteiger partial charge in [-0.1, -0.05) is 41.9 Å². The zero-order chi connectivity index (χ0) is 24.5. The van der Waals surface area contributed by atoms with Crippen molar-refractivity contribution >= 4 is 46.9 Å². The van der Waals surface area contributed by atoms with Gasteiger partial charge < -0.3 is 15.4 Å². The molecule has 34 heavy (non-hydrogen) atoms. The molecule has 3 rings (SSSR count). The number of amides is 3. The predicted octanol–water partition coefficient (Wildman–Crippen LogP) is 4.06. The molecule has 0 radical (unpaired) electrons. The third kappa shape index (κ3) is 7.18. The first-order valence-electron chi connectivity index (χ1n) is 10.3. The van der Waals surface area contributed by atoms with Gasteiger partial charge in [0.2, 0.25) is 0 Å². The van der Waals surface area contributed by atoms with Crippen molar-refractivity contribution in [2.45, 2.75) is 13.8 Å². The third-order valence-electron chi connectivity index (χ3n) is 4.48. The maximum absolute atomic E-state index is 12.3. The van der Waals surface area contributed by atoms with Gasteiger partial charge in [0.25, 0.3) is 5.91 Å². The lowest BCUT2D eigenvalue weighted by atomic mass is 10.1. The molecule has 0 saturated heterocycles. The molecule has 3 aromatic carbocycles. The normalized spacial score (nSPS) is 10.6. The number of nitrogens with zero attached hydrogens (tertiary/aromatic N) is 1. The van der Waals surface area contributed by atoms with Crippen LogP contribution in [0.25, 0.3) is 0 Å². The van der Waals surface area contributed by atoms with E-state index in [0.717, 1.165) is 11.1 Å². The van der Waals surface area contributed by atoms with Crippen LogP contribution in [-0.2, 0) is 14.4 Å². The lowest BCUT2D eigenvalue weighted by Gasteiger charge is -2.10. The van der Waals surface area contributed by atoms with Gasteiger partial charge in [-0.2, -0.15) is 5.10 Å². The number of carbonyl (C=O) groups excluding carboxylic acids is 3. The summed E-state index contributed by atoms with van der Waals surface area (Å²) in [6.07, 6.45) is 1.32. The molecular weight excluding hydrogens is 456 g/mol. The monoisotopic (exact) mass is 478 g/mol. The van der Waals surface area contributed by atoms with E-state index in [4.69, 9.17) is 16.3 Å². The molecule has 0 atom stereocenters. The number of hydrogen-bond acceptors (Lipinski definition) is 5. The molecule has 0 spiro atoms. The van der Waals surface area contributed by atoms with Gasteiger partial charge in [-0.25, -0.2) is 5.43 Å². The van der Waals surface area contributed by atoms with Crippen molar-refractivity contribution in [2.24, 2.45) is 5.10 Å². The summed E-state index contributed by atoms with van der Waals surface area (Å²) in [5.41, 5.74) is 5.74. The van der Waals surface area contributed by atoms with E-state index in [0.29, 0.717) is 27.7 Å². The van der Waals surface area contributed by atoms with E-state index in [1.165, 1.54) is 6.21 Å². The fraction of sp³-hybridized carbons (Fsp3) is 0.120. The molecule has 3 aromatic rings. The lowest BCUT2D eigenvalue weighted by Crippen LogP contribution is -2.32. The van der Waals surface area contributed by atoms with Crippen LogP contribution in [0, 0.1) is 13.8 Å². The second-order valence-corrected chi connectivity index (χ2v) is 7.79. The molecule has 0 aromatic heterocycles. The minimum Gasteiger partial charge on any atom is -0.483 e. The number of anilines is 2. The number of para-hydroxylation sites is 2. The fourth-order valence-corrected chi connectivity index (χ4v) is 3.24. The Morgan fingerprint density at radius 3 is 2.32 bits per heavy atom. The van der Waals surface area contributed by atoms with Crippen LogP contribution in [0.15, 0.2) is 71.8 Å². The van der Waals surface area contributed by atoms with Crippen LogP contribution in [0.4, 0.5) is 11.4 Å². The Morgan fingerprint density at radius 2 is 1.59 bits per heavy atom. The van der Waals surface area contributed by atoms with Crippen LogP contribution < -0.4 is 20.8 Å². The summed E-state index contributed by atoms with van der Waals surface area (Å²) in [5, 5.41) is 9.31. The summed E-state index contributed by atoms with van der Waals surface area (Å²) < 4.78 is 5.62. The Hall–Kier alpha value is -4.17. The highest BCUT2D eigenvalue weighted by molar-refractivity contribution is 6.41. The summed E-state index contributed by atoms with van der Waals surface area (Å²) in [6.45, 7) is 3.69. The number of nitrogens with one attached hydrogen (secondary N) is 3. The van der Waals surface area contributed by atoms with E-state index in [1.54, 1.807) is 48.5 Å². The van der Waals surface area contributed by atoms with Gasteiger partial charge >= 0.3 is 11.8 Å². The SMILES string of the molecule is Cc1cc(C)cc(NC(=O)COc2ccccc2/C=N/NC(=O)C(=O)Nc2ccccc2Cl)c1. The van der Waals surface area contributed by atoms with Crippen LogP contribution in [0.3, 0.4) is 0 Å². The molecule has 9 heteroatoms. The first kappa shape index (κ1) is 24.5. The quantitative estimate of drug-likeness (QED) is 0.270.